The lowest BCUT2D eigenvalue weighted by molar-refractivity contribution is -0.894. The van der Waals surface area contributed by atoms with Crippen LogP contribution in [0.2, 0.25) is 0 Å². The first-order chi connectivity index (χ1) is 9.48. The smallest absolute Gasteiger partial charge is 0.0864 e. The molecule has 1 heteroatoms. The van der Waals surface area contributed by atoms with Gasteiger partial charge in [0.2, 0.25) is 0 Å². The topological polar surface area (TPSA) is 0 Å². The SMILES string of the molecule is C[C@H](CC(c1ccccc1)c1ccccc1)[N+](C)(C)C. The van der Waals surface area contributed by atoms with Gasteiger partial charge in [0.15, 0.2) is 0 Å². The fraction of sp³-hybridized carbons (Fsp3) is 0.368. The monoisotopic (exact) mass is 268 g/mol. The second-order valence-electron chi connectivity index (χ2n) is 6.57. The van der Waals surface area contributed by atoms with Gasteiger partial charge in [0.1, 0.15) is 0 Å². The van der Waals surface area contributed by atoms with Crippen molar-refractivity contribution in [3.05, 3.63) is 71.8 Å². The molecule has 0 fully saturated rings. The van der Waals surface area contributed by atoms with E-state index in [9.17, 15) is 0 Å². The summed E-state index contributed by atoms with van der Waals surface area (Å²) in [7, 11) is 6.83. The Morgan fingerprint density at radius 1 is 0.750 bits per heavy atom. The van der Waals surface area contributed by atoms with E-state index in [0.717, 1.165) is 10.9 Å². The van der Waals surface area contributed by atoms with Crippen molar-refractivity contribution in [1.29, 1.82) is 0 Å². The highest BCUT2D eigenvalue weighted by molar-refractivity contribution is 5.32. The van der Waals surface area contributed by atoms with Gasteiger partial charge in [-0.15, -0.1) is 0 Å². The summed E-state index contributed by atoms with van der Waals surface area (Å²) in [4.78, 5) is 0. The summed E-state index contributed by atoms with van der Waals surface area (Å²) in [5, 5.41) is 0. The first-order valence-corrected chi connectivity index (χ1v) is 7.39. The average molecular weight is 268 g/mol. The van der Waals surface area contributed by atoms with E-state index in [1.165, 1.54) is 11.1 Å². The number of hydrogen-bond donors (Lipinski definition) is 0. The van der Waals surface area contributed by atoms with Crippen LogP contribution in [0.15, 0.2) is 60.7 Å². The van der Waals surface area contributed by atoms with Crippen LogP contribution in [0.4, 0.5) is 0 Å². The van der Waals surface area contributed by atoms with Crippen LogP contribution < -0.4 is 0 Å². The predicted octanol–water partition coefficient (Wildman–Crippen LogP) is 4.30. The summed E-state index contributed by atoms with van der Waals surface area (Å²) in [6, 6.07) is 22.4. The normalized spacial score (nSPS) is 13.4. The second kappa shape index (κ2) is 6.23. The Morgan fingerprint density at radius 2 is 1.15 bits per heavy atom. The largest absolute Gasteiger partial charge is 0.329 e. The third kappa shape index (κ3) is 3.71. The van der Waals surface area contributed by atoms with Gasteiger partial charge in [-0.1, -0.05) is 60.7 Å². The fourth-order valence-electron chi connectivity index (χ4n) is 2.49. The number of benzene rings is 2. The number of quaternary nitrogens is 1. The van der Waals surface area contributed by atoms with Gasteiger partial charge in [0, 0.05) is 12.3 Å². The van der Waals surface area contributed by atoms with Crippen LogP contribution in [0.3, 0.4) is 0 Å². The van der Waals surface area contributed by atoms with E-state index in [2.05, 4.69) is 88.7 Å². The van der Waals surface area contributed by atoms with Gasteiger partial charge in [0.05, 0.1) is 27.2 Å². The molecule has 0 N–H and O–H groups in total. The van der Waals surface area contributed by atoms with Crippen LogP contribution in [0.1, 0.15) is 30.4 Å². The van der Waals surface area contributed by atoms with Crippen molar-refractivity contribution >= 4 is 0 Å². The molecule has 2 aromatic carbocycles. The zero-order chi connectivity index (χ0) is 14.6. The Kier molecular flexibility index (Phi) is 4.61. The van der Waals surface area contributed by atoms with Crippen LogP contribution in [0.5, 0.6) is 0 Å². The van der Waals surface area contributed by atoms with Crippen molar-refractivity contribution < 1.29 is 4.48 Å². The molecule has 0 aromatic heterocycles. The van der Waals surface area contributed by atoms with Crippen molar-refractivity contribution in [2.75, 3.05) is 21.1 Å². The molecule has 0 unspecified atom stereocenters. The standard InChI is InChI=1S/C19H26N/c1-16(20(2,3)4)15-19(17-11-7-5-8-12-17)18-13-9-6-10-14-18/h5-14,16,19H,15H2,1-4H3/q+1/t16-/m1/s1. The first-order valence-electron chi connectivity index (χ1n) is 7.39. The van der Waals surface area contributed by atoms with E-state index in [4.69, 9.17) is 0 Å². The maximum absolute atomic E-state index is 2.35. The van der Waals surface area contributed by atoms with Gasteiger partial charge in [-0.05, 0) is 18.1 Å². The summed E-state index contributed by atoms with van der Waals surface area (Å²) in [5.74, 6) is 0.477. The minimum absolute atomic E-state index is 0.477. The van der Waals surface area contributed by atoms with Crippen LogP contribution >= 0.6 is 0 Å². The Morgan fingerprint density at radius 3 is 1.50 bits per heavy atom. The van der Waals surface area contributed by atoms with Crippen molar-refractivity contribution in [3.63, 3.8) is 0 Å². The highest BCUT2D eigenvalue weighted by Gasteiger charge is 2.24. The number of hydrogen-bond acceptors (Lipinski definition) is 0. The molecular formula is C19H26N+. The van der Waals surface area contributed by atoms with E-state index < -0.39 is 0 Å². The van der Waals surface area contributed by atoms with E-state index >= 15 is 0 Å². The average Bonchev–Trinajstić information content (AvgIpc) is 2.45. The van der Waals surface area contributed by atoms with Crippen molar-refractivity contribution in [3.8, 4) is 0 Å². The summed E-state index contributed by atoms with van der Waals surface area (Å²) >= 11 is 0. The Hall–Kier alpha value is -1.60. The molecular weight excluding hydrogens is 242 g/mol. The molecule has 0 bridgehead atoms. The lowest BCUT2D eigenvalue weighted by atomic mass is 9.86. The molecule has 0 aliphatic rings. The molecule has 1 atom stereocenters. The predicted molar refractivity (Wildman–Crippen MR) is 86.8 cm³/mol. The van der Waals surface area contributed by atoms with Gasteiger partial charge in [-0.3, -0.25) is 0 Å². The molecule has 20 heavy (non-hydrogen) atoms. The van der Waals surface area contributed by atoms with Crippen LogP contribution in [0.25, 0.3) is 0 Å². The van der Waals surface area contributed by atoms with Gasteiger partial charge >= 0.3 is 0 Å². The molecule has 0 saturated heterocycles. The lowest BCUT2D eigenvalue weighted by Gasteiger charge is -2.34. The minimum atomic E-state index is 0.477. The highest BCUT2D eigenvalue weighted by Crippen LogP contribution is 2.30. The zero-order valence-electron chi connectivity index (χ0n) is 13.1. The Labute approximate surface area is 123 Å². The number of rotatable bonds is 5. The lowest BCUT2D eigenvalue weighted by Crippen LogP contribution is -2.44. The highest BCUT2D eigenvalue weighted by atomic mass is 15.3. The van der Waals surface area contributed by atoms with Crippen LogP contribution in [0, 0.1) is 0 Å². The molecule has 0 radical (unpaired) electrons. The molecule has 2 rings (SSSR count). The maximum atomic E-state index is 2.35. The molecule has 0 amide bonds. The zero-order valence-corrected chi connectivity index (χ0v) is 13.1. The Balaban J connectivity index is 2.31. The molecule has 0 aliphatic heterocycles. The van der Waals surface area contributed by atoms with Crippen molar-refractivity contribution in [2.45, 2.75) is 25.3 Å². The molecule has 0 heterocycles. The second-order valence-corrected chi connectivity index (χ2v) is 6.57. The van der Waals surface area contributed by atoms with Crippen molar-refractivity contribution in [1.82, 2.24) is 0 Å². The third-order valence-electron chi connectivity index (χ3n) is 4.30. The summed E-state index contributed by atoms with van der Waals surface area (Å²) in [6.07, 6.45) is 1.16. The van der Waals surface area contributed by atoms with Gasteiger partial charge in [-0.25, -0.2) is 0 Å². The van der Waals surface area contributed by atoms with E-state index in [-0.39, 0.29) is 0 Å². The summed E-state index contributed by atoms with van der Waals surface area (Å²) in [6.45, 7) is 2.35. The van der Waals surface area contributed by atoms with Gasteiger partial charge in [-0.2, -0.15) is 0 Å². The van der Waals surface area contributed by atoms with E-state index in [0.29, 0.717) is 12.0 Å². The number of nitrogens with zero attached hydrogens (tertiary/aromatic N) is 1. The van der Waals surface area contributed by atoms with Gasteiger partial charge < -0.3 is 4.48 Å². The van der Waals surface area contributed by atoms with E-state index in [1.54, 1.807) is 0 Å². The van der Waals surface area contributed by atoms with E-state index in [1.807, 2.05) is 0 Å². The molecule has 1 nitrogen and oxygen atoms in total. The third-order valence-corrected chi connectivity index (χ3v) is 4.30. The quantitative estimate of drug-likeness (QED) is 0.709. The maximum Gasteiger partial charge on any atom is 0.0864 e. The fourth-order valence-corrected chi connectivity index (χ4v) is 2.49. The van der Waals surface area contributed by atoms with Crippen molar-refractivity contribution in [2.24, 2.45) is 0 Å². The summed E-state index contributed by atoms with van der Waals surface area (Å²) in [5.41, 5.74) is 2.83. The molecule has 0 spiro atoms. The molecule has 2 aromatic rings. The molecule has 106 valence electrons. The van der Waals surface area contributed by atoms with Gasteiger partial charge in [0.25, 0.3) is 0 Å². The first kappa shape index (κ1) is 14.8. The van der Waals surface area contributed by atoms with Crippen LogP contribution in [-0.4, -0.2) is 31.7 Å². The molecule has 0 saturated carbocycles. The Bertz CT molecular complexity index is 471. The molecule has 0 aliphatic carbocycles. The summed E-state index contributed by atoms with van der Waals surface area (Å²) < 4.78 is 0.996. The van der Waals surface area contributed by atoms with Crippen LogP contribution in [-0.2, 0) is 0 Å². The minimum Gasteiger partial charge on any atom is -0.329 e.